The molecule has 1 aliphatic rings. The second-order valence-electron chi connectivity index (χ2n) is 16.4. The van der Waals surface area contributed by atoms with Crippen molar-refractivity contribution in [3.05, 3.63) is 277 Å². The zero-order valence-electron chi connectivity index (χ0n) is 34.6. The number of aromatic nitrogens is 1. The van der Waals surface area contributed by atoms with Crippen molar-refractivity contribution in [2.24, 2.45) is 0 Å². The third-order valence-corrected chi connectivity index (χ3v) is 13.1. The smallest absolute Gasteiger partial charge is 0.0714 e. The van der Waals surface area contributed by atoms with Crippen LogP contribution >= 0.6 is 0 Å². The summed E-state index contributed by atoms with van der Waals surface area (Å²) in [6, 6.07) is 93.1. The molecular weight excluding hydrogens is 761 g/mol. The molecular formula is C61H42N2. The van der Waals surface area contributed by atoms with Gasteiger partial charge in [-0.15, -0.1) is 0 Å². The maximum absolute atomic E-state index is 2.52. The maximum Gasteiger partial charge on any atom is 0.0714 e. The molecule has 0 saturated carbocycles. The van der Waals surface area contributed by atoms with Gasteiger partial charge in [-0.1, -0.05) is 200 Å². The van der Waals surface area contributed by atoms with E-state index in [4.69, 9.17) is 0 Å². The Kier molecular flexibility index (Phi) is 8.76. The Bertz CT molecular complexity index is 3360. The molecule has 296 valence electrons. The minimum absolute atomic E-state index is 0.484. The van der Waals surface area contributed by atoms with E-state index >= 15 is 0 Å². The van der Waals surface area contributed by atoms with Crippen LogP contribution in [0.2, 0.25) is 0 Å². The Hall–Kier alpha value is -8.20. The predicted molar refractivity (Wildman–Crippen MR) is 264 cm³/mol. The van der Waals surface area contributed by atoms with Crippen LogP contribution in [0.3, 0.4) is 0 Å². The molecule has 0 saturated heterocycles. The number of para-hydroxylation sites is 4. The van der Waals surface area contributed by atoms with E-state index in [-0.39, 0.29) is 0 Å². The van der Waals surface area contributed by atoms with Crippen LogP contribution in [0.15, 0.2) is 255 Å². The summed E-state index contributed by atoms with van der Waals surface area (Å²) in [4.78, 5) is 2.35. The standard InChI is InChI=1S/C61H42N2/c1-5-23-46(24-6-1)61(47-25-7-2-8-26-47)54-34-16-13-33-53(54)60-55(61)35-20-38-58(60)63-57-37-18-15-32-51(57)52-40-39-44(42-59(52)63)43-21-19-22-45(41-43)50-31-14-17-36-56(50)62(48-27-9-3-10-28-48)49-29-11-4-12-30-49/h1-42H. The van der Waals surface area contributed by atoms with Gasteiger partial charge in [-0.3, -0.25) is 0 Å². The minimum atomic E-state index is -0.484. The van der Waals surface area contributed by atoms with Gasteiger partial charge in [0, 0.05) is 33.3 Å². The quantitative estimate of drug-likeness (QED) is 0.149. The SMILES string of the molecule is c1ccc(N(c2ccccc2)c2ccccc2-c2cccc(-c3ccc4c5ccccc5n(-c5cccc6c5-c5ccccc5C6(c5ccccc5)c5ccccc5)c4c3)c2)cc1. The van der Waals surface area contributed by atoms with Gasteiger partial charge in [-0.25, -0.2) is 0 Å². The molecule has 2 nitrogen and oxygen atoms in total. The van der Waals surface area contributed by atoms with Crippen molar-refractivity contribution in [2.75, 3.05) is 4.90 Å². The first-order chi connectivity index (χ1) is 31.3. The van der Waals surface area contributed by atoms with Gasteiger partial charge in [0.15, 0.2) is 0 Å². The number of anilines is 3. The normalized spacial score (nSPS) is 12.6. The van der Waals surface area contributed by atoms with Crippen molar-refractivity contribution in [3.8, 4) is 39.1 Å². The molecule has 10 aromatic carbocycles. The summed E-state index contributed by atoms with van der Waals surface area (Å²) < 4.78 is 2.52. The van der Waals surface area contributed by atoms with E-state index in [1.807, 2.05) is 0 Å². The molecule has 0 amide bonds. The highest BCUT2D eigenvalue weighted by Crippen LogP contribution is 2.58. The van der Waals surface area contributed by atoms with Crippen LogP contribution in [-0.4, -0.2) is 4.57 Å². The molecule has 0 fully saturated rings. The lowest BCUT2D eigenvalue weighted by molar-refractivity contribution is 0.768. The van der Waals surface area contributed by atoms with Crippen LogP contribution in [0, 0.1) is 0 Å². The van der Waals surface area contributed by atoms with E-state index < -0.39 is 5.41 Å². The highest BCUT2D eigenvalue weighted by molar-refractivity contribution is 6.11. The van der Waals surface area contributed by atoms with Gasteiger partial charge in [-0.2, -0.15) is 0 Å². The zero-order valence-corrected chi connectivity index (χ0v) is 34.6. The van der Waals surface area contributed by atoms with Gasteiger partial charge in [-0.05, 0) is 99.1 Å². The first kappa shape index (κ1) is 36.6. The summed E-state index contributed by atoms with van der Waals surface area (Å²) in [6.45, 7) is 0. The van der Waals surface area contributed by atoms with E-state index in [1.165, 1.54) is 77.6 Å². The van der Waals surface area contributed by atoms with Gasteiger partial charge in [0.05, 0.1) is 27.8 Å². The Morgan fingerprint density at radius 3 is 1.57 bits per heavy atom. The first-order valence-electron chi connectivity index (χ1n) is 21.8. The second kappa shape index (κ2) is 15.1. The zero-order chi connectivity index (χ0) is 41.7. The first-order valence-corrected chi connectivity index (χ1v) is 21.8. The van der Waals surface area contributed by atoms with Crippen molar-refractivity contribution in [2.45, 2.75) is 5.41 Å². The number of hydrogen-bond donors (Lipinski definition) is 0. The Labute approximate surface area is 368 Å². The molecule has 11 aromatic rings. The molecule has 12 rings (SSSR count). The van der Waals surface area contributed by atoms with E-state index in [0.29, 0.717) is 0 Å². The van der Waals surface area contributed by atoms with E-state index in [0.717, 1.165) is 22.6 Å². The summed E-state index contributed by atoms with van der Waals surface area (Å²) in [5.41, 5.74) is 18.8. The summed E-state index contributed by atoms with van der Waals surface area (Å²) in [5.74, 6) is 0. The average Bonchev–Trinajstić information content (AvgIpc) is 3.86. The third kappa shape index (κ3) is 5.80. The molecule has 1 aromatic heterocycles. The maximum atomic E-state index is 2.52. The fraction of sp³-hybridized carbons (Fsp3) is 0.0164. The lowest BCUT2D eigenvalue weighted by Gasteiger charge is -2.34. The van der Waals surface area contributed by atoms with E-state index in [9.17, 15) is 0 Å². The van der Waals surface area contributed by atoms with Gasteiger partial charge in [0.2, 0.25) is 0 Å². The van der Waals surface area contributed by atoms with Crippen molar-refractivity contribution >= 4 is 38.9 Å². The molecule has 0 bridgehead atoms. The van der Waals surface area contributed by atoms with Crippen LogP contribution in [-0.2, 0) is 5.41 Å². The molecule has 0 radical (unpaired) electrons. The molecule has 1 heterocycles. The van der Waals surface area contributed by atoms with Crippen LogP contribution in [0.1, 0.15) is 22.3 Å². The molecule has 0 unspecified atom stereocenters. The fourth-order valence-corrected chi connectivity index (χ4v) is 10.4. The Balaban J connectivity index is 1.06. The number of rotatable bonds is 8. The number of nitrogens with zero attached hydrogens (tertiary/aromatic N) is 2. The van der Waals surface area contributed by atoms with Crippen molar-refractivity contribution in [3.63, 3.8) is 0 Å². The highest BCUT2D eigenvalue weighted by Gasteiger charge is 2.47. The molecule has 0 N–H and O–H groups in total. The van der Waals surface area contributed by atoms with Gasteiger partial charge < -0.3 is 9.47 Å². The summed E-state index contributed by atoms with van der Waals surface area (Å²) in [6.07, 6.45) is 0. The topological polar surface area (TPSA) is 8.17 Å². The average molecular weight is 803 g/mol. The predicted octanol–water partition coefficient (Wildman–Crippen LogP) is 16.0. The summed E-state index contributed by atoms with van der Waals surface area (Å²) >= 11 is 0. The van der Waals surface area contributed by atoms with E-state index in [1.54, 1.807) is 0 Å². The highest BCUT2D eigenvalue weighted by atomic mass is 15.1. The summed E-state index contributed by atoms with van der Waals surface area (Å²) in [7, 11) is 0. The lowest BCUT2D eigenvalue weighted by Crippen LogP contribution is -2.28. The van der Waals surface area contributed by atoms with Crippen LogP contribution < -0.4 is 4.90 Å². The van der Waals surface area contributed by atoms with Crippen molar-refractivity contribution < 1.29 is 0 Å². The van der Waals surface area contributed by atoms with Crippen molar-refractivity contribution in [1.29, 1.82) is 0 Å². The lowest BCUT2D eigenvalue weighted by atomic mass is 9.68. The van der Waals surface area contributed by atoms with Crippen LogP contribution in [0.4, 0.5) is 17.1 Å². The van der Waals surface area contributed by atoms with Gasteiger partial charge in [0.25, 0.3) is 0 Å². The molecule has 63 heavy (non-hydrogen) atoms. The molecule has 2 heteroatoms. The van der Waals surface area contributed by atoms with Crippen LogP contribution in [0.25, 0.3) is 60.9 Å². The van der Waals surface area contributed by atoms with Gasteiger partial charge >= 0.3 is 0 Å². The van der Waals surface area contributed by atoms with Crippen LogP contribution in [0.5, 0.6) is 0 Å². The molecule has 1 aliphatic carbocycles. The number of fused-ring (bicyclic) bond motifs is 6. The second-order valence-corrected chi connectivity index (χ2v) is 16.4. The fourth-order valence-electron chi connectivity index (χ4n) is 10.4. The van der Waals surface area contributed by atoms with Crippen molar-refractivity contribution in [1.82, 2.24) is 4.57 Å². The molecule has 0 spiro atoms. The van der Waals surface area contributed by atoms with E-state index in [2.05, 4.69) is 264 Å². The summed E-state index contributed by atoms with van der Waals surface area (Å²) in [5, 5.41) is 2.48. The largest absolute Gasteiger partial charge is 0.310 e. The Morgan fingerprint density at radius 1 is 0.333 bits per heavy atom. The molecule has 0 atom stereocenters. The third-order valence-electron chi connectivity index (χ3n) is 13.1. The Morgan fingerprint density at radius 2 is 0.857 bits per heavy atom. The van der Waals surface area contributed by atoms with Gasteiger partial charge in [0.1, 0.15) is 0 Å². The minimum Gasteiger partial charge on any atom is -0.310 e. The molecule has 0 aliphatic heterocycles. The number of benzene rings is 10. The number of hydrogen-bond acceptors (Lipinski definition) is 1. The monoisotopic (exact) mass is 802 g/mol.